The molecular formula is C27H39N3O4. The molecule has 1 saturated heterocycles. The standard InChI is InChI=1S/C27H39N3O4/c1-7-15(3)20(14-31)30-24(26(33)29-23-16(4)10-9-11-17(23)5)19-13-12-18(8-2)21(25(32)28-6)22(19)27(30)34/h9-13,15,18-22,24,31H,7-8,14H2,1-6H3,(H,28,32)(H,29,33)/t15-,18+,19-,20-,21+,22+,24-/m0/s1. The number of carbonyl (C=O) groups is 3. The number of likely N-dealkylation sites (tertiary alicyclic amines) is 1. The van der Waals surface area contributed by atoms with Crippen LogP contribution < -0.4 is 10.6 Å². The summed E-state index contributed by atoms with van der Waals surface area (Å²) in [6.07, 6.45) is 5.42. The maximum atomic E-state index is 14.0. The molecule has 0 aromatic heterocycles. The molecule has 1 fully saturated rings. The Balaban J connectivity index is 2.10. The number of fused-ring (bicyclic) bond motifs is 1. The maximum absolute atomic E-state index is 14.0. The van der Waals surface area contributed by atoms with Crippen LogP contribution in [0.5, 0.6) is 0 Å². The molecular weight excluding hydrogens is 430 g/mol. The Morgan fingerprint density at radius 1 is 1.12 bits per heavy atom. The van der Waals surface area contributed by atoms with E-state index in [0.717, 1.165) is 29.7 Å². The molecule has 0 unspecified atom stereocenters. The molecule has 3 N–H and O–H groups in total. The summed E-state index contributed by atoms with van der Waals surface area (Å²) >= 11 is 0. The first-order valence-electron chi connectivity index (χ1n) is 12.4. The molecule has 1 aliphatic carbocycles. The Morgan fingerprint density at radius 3 is 2.29 bits per heavy atom. The van der Waals surface area contributed by atoms with Crippen molar-refractivity contribution in [1.82, 2.24) is 10.2 Å². The molecule has 7 nitrogen and oxygen atoms in total. The quantitative estimate of drug-likeness (QED) is 0.510. The molecule has 7 heteroatoms. The van der Waals surface area contributed by atoms with Crippen molar-refractivity contribution in [2.75, 3.05) is 19.0 Å². The highest BCUT2D eigenvalue weighted by Crippen LogP contribution is 2.46. The van der Waals surface area contributed by atoms with E-state index in [1.165, 1.54) is 0 Å². The minimum absolute atomic E-state index is 0.00555. The Kier molecular flexibility index (Phi) is 8.18. The molecule has 2 aliphatic rings. The number of amides is 3. The lowest BCUT2D eigenvalue weighted by Crippen LogP contribution is -2.52. The Morgan fingerprint density at radius 2 is 1.76 bits per heavy atom. The van der Waals surface area contributed by atoms with Gasteiger partial charge in [-0.15, -0.1) is 0 Å². The van der Waals surface area contributed by atoms with Gasteiger partial charge in [-0.25, -0.2) is 0 Å². The topological polar surface area (TPSA) is 98.7 Å². The second-order valence-corrected chi connectivity index (χ2v) is 9.78. The van der Waals surface area contributed by atoms with Gasteiger partial charge in [0.15, 0.2) is 0 Å². The van der Waals surface area contributed by atoms with Gasteiger partial charge in [0.2, 0.25) is 17.7 Å². The van der Waals surface area contributed by atoms with Crippen molar-refractivity contribution in [2.24, 2.45) is 29.6 Å². The molecule has 0 radical (unpaired) electrons. The minimum atomic E-state index is -0.802. The number of aryl methyl sites for hydroxylation is 2. The number of aliphatic hydroxyl groups is 1. The number of allylic oxidation sites excluding steroid dienone is 1. The van der Waals surface area contributed by atoms with Crippen molar-refractivity contribution in [3.05, 3.63) is 41.5 Å². The predicted molar refractivity (Wildman–Crippen MR) is 133 cm³/mol. The lowest BCUT2D eigenvalue weighted by Gasteiger charge is -2.36. The molecule has 1 heterocycles. The van der Waals surface area contributed by atoms with Gasteiger partial charge in [-0.3, -0.25) is 14.4 Å². The van der Waals surface area contributed by atoms with Gasteiger partial charge in [0.05, 0.1) is 24.5 Å². The van der Waals surface area contributed by atoms with Crippen molar-refractivity contribution < 1.29 is 19.5 Å². The number of nitrogens with zero attached hydrogens (tertiary/aromatic N) is 1. The molecule has 7 atom stereocenters. The number of hydrogen-bond acceptors (Lipinski definition) is 4. The van der Waals surface area contributed by atoms with Crippen LogP contribution >= 0.6 is 0 Å². The number of benzene rings is 1. The summed E-state index contributed by atoms with van der Waals surface area (Å²) in [7, 11) is 1.58. The van der Waals surface area contributed by atoms with E-state index in [4.69, 9.17) is 0 Å². The number of rotatable bonds is 8. The smallest absolute Gasteiger partial charge is 0.247 e. The summed E-state index contributed by atoms with van der Waals surface area (Å²) in [5.41, 5.74) is 2.62. The molecule has 0 bridgehead atoms. The van der Waals surface area contributed by atoms with Crippen LogP contribution in [0.15, 0.2) is 30.4 Å². The van der Waals surface area contributed by atoms with Gasteiger partial charge in [0.25, 0.3) is 0 Å². The van der Waals surface area contributed by atoms with Crippen LogP contribution in [0.25, 0.3) is 0 Å². The fourth-order valence-corrected chi connectivity index (χ4v) is 5.74. The minimum Gasteiger partial charge on any atom is -0.394 e. The fourth-order valence-electron chi connectivity index (χ4n) is 5.74. The van der Waals surface area contributed by atoms with Gasteiger partial charge >= 0.3 is 0 Å². The van der Waals surface area contributed by atoms with E-state index >= 15 is 0 Å². The van der Waals surface area contributed by atoms with Crippen LogP contribution in [0.4, 0.5) is 5.69 Å². The molecule has 1 aromatic rings. The SMILES string of the molecule is CC[C@H](C)[C@H](CO)N1C(=O)[C@@H]2[C@H](C=C[C@@H](CC)[C@H]2C(=O)NC)[C@H]1C(=O)Nc1c(C)cccc1C. The van der Waals surface area contributed by atoms with Crippen LogP contribution in [0.1, 0.15) is 44.7 Å². The Labute approximate surface area is 203 Å². The van der Waals surface area contributed by atoms with E-state index in [0.29, 0.717) is 0 Å². The second kappa shape index (κ2) is 10.7. The van der Waals surface area contributed by atoms with Crippen molar-refractivity contribution in [3.8, 4) is 0 Å². The van der Waals surface area contributed by atoms with Gasteiger partial charge in [0, 0.05) is 18.7 Å². The van der Waals surface area contributed by atoms with Crippen molar-refractivity contribution in [3.63, 3.8) is 0 Å². The average molecular weight is 470 g/mol. The summed E-state index contributed by atoms with van der Waals surface area (Å²) in [6, 6.07) is 4.51. The van der Waals surface area contributed by atoms with E-state index in [1.54, 1.807) is 11.9 Å². The van der Waals surface area contributed by atoms with Crippen LogP contribution in [0.2, 0.25) is 0 Å². The third-order valence-corrected chi connectivity index (χ3v) is 7.91. The first kappa shape index (κ1) is 25.9. The van der Waals surface area contributed by atoms with Crippen LogP contribution in [-0.4, -0.2) is 53.5 Å². The Bertz CT molecular complexity index is 939. The van der Waals surface area contributed by atoms with Crippen LogP contribution in [0.3, 0.4) is 0 Å². The number of carbonyl (C=O) groups excluding carboxylic acids is 3. The van der Waals surface area contributed by atoms with Crippen molar-refractivity contribution >= 4 is 23.4 Å². The monoisotopic (exact) mass is 469 g/mol. The van der Waals surface area contributed by atoms with Gasteiger partial charge in [0.1, 0.15) is 6.04 Å². The summed E-state index contributed by atoms with van der Waals surface area (Å²) in [4.78, 5) is 42.4. The van der Waals surface area contributed by atoms with Crippen molar-refractivity contribution in [1.29, 1.82) is 0 Å². The predicted octanol–water partition coefficient (Wildman–Crippen LogP) is 3.05. The highest BCUT2D eigenvalue weighted by molar-refractivity contribution is 6.02. The molecule has 186 valence electrons. The first-order valence-corrected chi connectivity index (χ1v) is 12.4. The number of anilines is 1. The zero-order chi connectivity index (χ0) is 25.2. The average Bonchev–Trinajstić information content (AvgIpc) is 3.12. The highest BCUT2D eigenvalue weighted by atomic mass is 16.3. The number of para-hydroxylation sites is 1. The molecule has 0 saturated carbocycles. The number of aliphatic hydroxyl groups excluding tert-OH is 1. The number of nitrogens with one attached hydrogen (secondary N) is 2. The third kappa shape index (κ3) is 4.50. The lowest BCUT2D eigenvalue weighted by molar-refractivity contribution is -0.143. The van der Waals surface area contributed by atoms with E-state index in [1.807, 2.05) is 65.0 Å². The third-order valence-electron chi connectivity index (χ3n) is 7.91. The van der Waals surface area contributed by atoms with E-state index in [9.17, 15) is 19.5 Å². The normalized spacial score (nSPS) is 27.8. The molecule has 1 aromatic carbocycles. The highest BCUT2D eigenvalue weighted by Gasteiger charge is 2.58. The second-order valence-electron chi connectivity index (χ2n) is 9.78. The van der Waals surface area contributed by atoms with E-state index < -0.39 is 29.8 Å². The van der Waals surface area contributed by atoms with Gasteiger partial charge in [-0.2, -0.15) is 0 Å². The van der Waals surface area contributed by atoms with E-state index in [-0.39, 0.29) is 36.2 Å². The molecule has 34 heavy (non-hydrogen) atoms. The lowest BCUT2D eigenvalue weighted by atomic mass is 9.69. The summed E-state index contributed by atoms with van der Waals surface area (Å²) in [6.45, 7) is 9.63. The summed E-state index contributed by atoms with van der Waals surface area (Å²) in [5.74, 6) is -2.40. The van der Waals surface area contributed by atoms with Crippen molar-refractivity contribution in [2.45, 2.75) is 59.5 Å². The largest absolute Gasteiger partial charge is 0.394 e. The van der Waals surface area contributed by atoms with Gasteiger partial charge < -0.3 is 20.6 Å². The first-order chi connectivity index (χ1) is 16.2. The van der Waals surface area contributed by atoms with Crippen LogP contribution in [0, 0.1) is 43.4 Å². The van der Waals surface area contributed by atoms with Crippen LogP contribution in [-0.2, 0) is 14.4 Å². The van der Waals surface area contributed by atoms with Gasteiger partial charge in [-0.05, 0) is 43.2 Å². The zero-order valence-electron chi connectivity index (χ0n) is 21.2. The van der Waals surface area contributed by atoms with E-state index in [2.05, 4.69) is 10.6 Å². The molecule has 3 amide bonds. The summed E-state index contributed by atoms with van der Waals surface area (Å²) in [5, 5.41) is 16.1. The van der Waals surface area contributed by atoms with Gasteiger partial charge in [-0.1, -0.05) is 57.5 Å². The maximum Gasteiger partial charge on any atom is 0.247 e. The molecule has 0 spiro atoms. The summed E-state index contributed by atoms with van der Waals surface area (Å²) < 4.78 is 0. The zero-order valence-corrected chi connectivity index (χ0v) is 21.2. The molecule has 3 rings (SSSR count). The number of hydrogen-bond donors (Lipinski definition) is 3. The molecule has 1 aliphatic heterocycles. The fraction of sp³-hybridized carbons (Fsp3) is 0.593. The Hall–Kier alpha value is -2.67.